The van der Waals surface area contributed by atoms with Crippen molar-refractivity contribution in [1.82, 2.24) is 9.55 Å². The Balaban J connectivity index is 1.59. The van der Waals surface area contributed by atoms with Gasteiger partial charge in [0.05, 0.1) is 11.0 Å². The van der Waals surface area contributed by atoms with E-state index in [0.29, 0.717) is 29.9 Å². The maximum atomic E-state index is 13.6. The molecule has 0 amide bonds. The molecule has 0 fully saturated rings. The molecule has 9 nitrogen and oxygen atoms in total. The number of imidazole rings is 1. The summed E-state index contributed by atoms with van der Waals surface area (Å²) in [7, 11) is 0. The van der Waals surface area contributed by atoms with Crippen molar-refractivity contribution in [3.8, 4) is 11.1 Å². The van der Waals surface area contributed by atoms with Crippen molar-refractivity contribution in [3.63, 3.8) is 0 Å². The molecule has 1 heterocycles. The molecule has 1 N–H and O–H groups in total. The monoisotopic (exact) mass is 626 g/mol. The average molecular weight is 627 g/mol. The summed E-state index contributed by atoms with van der Waals surface area (Å²) >= 11 is 0. The molecule has 0 bridgehead atoms. The molecular formula is C37H42N2O7. The number of benzene rings is 3. The molecule has 0 aliphatic carbocycles. The smallest absolute Gasteiger partial charge is 0.357 e. The second-order valence-electron chi connectivity index (χ2n) is 12.7. The van der Waals surface area contributed by atoms with Crippen molar-refractivity contribution in [1.29, 1.82) is 0 Å². The highest BCUT2D eigenvalue weighted by atomic mass is 16.7. The second-order valence-corrected chi connectivity index (χ2v) is 12.7. The summed E-state index contributed by atoms with van der Waals surface area (Å²) < 4.78 is 17.9. The first-order chi connectivity index (χ1) is 21.8. The number of esters is 3. The van der Waals surface area contributed by atoms with Crippen LogP contribution < -0.4 is 0 Å². The van der Waals surface area contributed by atoms with Crippen LogP contribution in [-0.2, 0) is 44.2 Å². The maximum Gasteiger partial charge on any atom is 0.357 e. The zero-order chi connectivity index (χ0) is 33.5. The lowest BCUT2D eigenvalue weighted by molar-refractivity contribution is -0.161. The quantitative estimate of drug-likeness (QED) is 0.134. The fraction of sp³-hybridized carbons (Fsp3) is 0.351. The van der Waals surface area contributed by atoms with E-state index in [1.54, 1.807) is 46.8 Å². The average Bonchev–Trinajstić information content (AvgIpc) is 3.38. The molecule has 9 heteroatoms. The number of rotatable bonds is 12. The molecule has 46 heavy (non-hydrogen) atoms. The van der Waals surface area contributed by atoms with Gasteiger partial charge in [0.1, 0.15) is 23.7 Å². The lowest BCUT2D eigenvalue weighted by atomic mass is 9.98. The molecule has 4 aromatic rings. The minimum Gasteiger partial charge on any atom is -0.456 e. The Bertz CT molecular complexity index is 1660. The zero-order valence-corrected chi connectivity index (χ0v) is 27.3. The van der Waals surface area contributed by atoms with Crippen LogP contribution in [-0.4, -0.2) is 39.4 Å². The summed E-state index contributed by atoms with van der Waals surface area (Å²) in [5, 5.41) is 11.0. The number of carbonyl (C=O) groups is 3. The van der Waals surface area contributed by atoms with Crippen molar-refractivity contribution in [2.24, 2.45) is 5.41 Å². The lowest BCUT2D eigenvalue weighted by Gasteiger charge is -2.18. The fourth-order valence-corrected chi connectivity index (χ4v) is 4.82. The van der Waals surface area contributed by atoms with E-state index in [-0.39, 0.29) is 18.0 Å². The predicted octanol–water partition coefficient (Wildman–Crippen LogP) is 6.84. The van der Waals surface area contributed by atoms with E-state index in [0.717, 1.165) is 23.1 Å². The first-order valence-corrected chi connectivity index (χ1v) is 15.4. The molecule has 4 rings (SSSR count). The number of hydrogen-bond acceptors (Lipinski definition) is 8. The maximum absolute atomic E-state index is 13.6. The van der Waals surface area contributed by atoms with Gasteiger partial charge >= 0.3 is 17.9 Å². The molecule has 1 aromatic heterocycles. The molecule has 0 saturated carbocycles. The SMILES string of the molecule is CCCc1nc(C(C)(C)O)c(C(=O)OCc2ccccc2)n1Cc1ccc(-c2ccccc2C(=O)OCOC(=O)C(C)(C)C)cc1. The third-order valence-electron chi connectivity index (χ3n) is 7.25. The van der Waals surface area contributed by atoms with Crippen LogP contribution in [0.3, 0.4) is 0 Å². The van der Waals surface area contributed by atoms with Crippen molar-refractivity contribution < 1.29 is 33.7 Å². The van der Waals surface area contributed by atoms with Crippen LogP contribution in [0.4, 0.5) is 0 Å². The van der Waals surface area contributed by atoms with Gasteiger partial charge in [-0.1, -0.05) is 79.7 Å². The number of nitrogens with zero attached hydrogens (tertiary/aromatic N) is 2. The minimum atomic E-state index is -1.37. The van der Waals surface area contributed by atoms with Crippen molar-refractivity contribution in [2.45, 2.75) is 73.1 Å². The minimum absolute atomic E-state index is 0.0921. The number of carbonyl (C=O) groups excluding carboxylic acids is 3. The third kappa shape index (κ3) is 8.48. The Hall–Kier alpha value is -4.76. The fourth-order valence-electron chi connectivity index (χ4n) is 4.82. The Kier molecular flexibility index (Phi) is 10.8. The largest absolute Gasteiger partial charge is 0.456 e. The molecule has 0 saturated heterocycles. The van der Waals surface area contributed by atoms with E-state index in [1.807, 2.05) is 78.2 Å². The first kappa shape index (κ1) is 34.1. The van der Waals surface area contributed by atoms with Crippen LogP contribution >= 0.6 is 0 Å². The van der Waals surface area contributed by atoms with E-state index in [9.17, 15) is 19.5 Å². The summed E-state index contributed by atoms with van der Waals surface area (Å²) in [6, 6.07) is 24.1. The van der Waals surface area contributed by atoms with Gasteiger partial charge in [-0.25, -0.2) is 14.6 Å². The van der Waals surface area contributed by atoms with Crippen LogP contribution in [0.2, 0.25) is 0 Å². The van der Waals surface area contributed by atoms with Gasteiger partial charge in [-0.2, -0.15) is 0 Å². The van der Waals surface area contributed by atoms with E-state index < -0.39 is 35.7 Å². The predicted molar refractivity (Wildman–Crippen MR) is 174 cm³/mol. The second kappa shape index (κ2) is 14.6. The first-order valence-electron chi connectivity index (χ1n) is 15.4. The van der Waals surface area contributed by atoms with Crippen molar-refractivity contribution >= 4 is 17.9 Å². The van der Waals surface area contributed by atoms with Crippen LogP contribution in [0, 0.1) is 5.41 Å². The van der Waals surface area contributed by atoms with E-state index in [4.69, 9.17) is 19.2 Å². The number of aromatic nitrogens is 2. The Labute approximate surface area is 270 Å². The molecular weight excluding hydrogens is 584 g/mol. The molecule has 3 aromatic carbocycles. The normalized spacial score (nSPS) is 11.6. The van der Waals surface area contributed by atoms with E-state index >= 15 is 0 Å². The Morgan fingerprint density at radius 3 is 2.07 bits per heavy atom. The lowest BCUT2D eigenvalue weighted by Crippen LogP contribution is -2.24. The van der Waals surface area contributed by atoms with Gasteiger partial charge in [0.15, 0.2) is 5.69 Å². The molecule has 0 aliphatic rings. The number of aliphatic hydroxyl groups is 1. The highest BCUT2D eigenvalue weighted by Crippen LogP contribution is 2.29. The molecule has 0 aliphatic heterocycles. The third-order valence-corrected chi connectivity index (χ3v) is 7.25. The van der Waals surface area contributed by atoms with Gasteiger partial charge in [0, 0.05) is 13.0 Å². The van der Waals surface area contributed by atoms with Gasteiger partial charge in [-0.15, -0.1) is 0 Å². The summed E-state index contributed by atoms with van der Waals surface area (Å²) in [4.78, 5) is 43.2. The highest BCUT2D eigenvalue weighted by Gasteiger charge is 2.32. The summed E-state index contributed by atoms with van der Waals surface area (Å²) in [6.45, 7) is 10.3. The summed E-state index contributed by atoms with van der Waals surface area (Å²) in [6.07, 6.45) is 1.40. The zero-order valence-electron chi connectivity index (χ0n) is 27.3. The number of aryl methyl sites for hydroxylation is 1. The molecule has 0 radical (unpaired) electrons. The Morgan fingerprint density at radius 1 is 0.783 bits per heavy atom. The van der Waals surface area contributed by atoms with Gasteiger partial charge in [0.25, 0.3) is 0 Å². The van der Waals surface area contributed by atoms with Crippen LogP contribution in [0.15, 0.2) is 78.9 Å². The van der Waals surface area contributed by atoms with E-state index in [1.165, 1.54) is 0 Å². The number of ether oxygens (including phenoxy) is 3. The number of hydrogen-bond donors (Lipinski definition) is 1. The Morgan fingerprint density at radius 2 is 1.43 bits per heavy atom. The van der Waals surface area contributed by atoms with Crippen LogP contribution in [0.1, 0.15) is 91.5 Å². The highest BCUT2D eigenvalue weighted by molar-refractivity contribution is 5.97. The van der Waals surface area contributed by atoms with Gasteiger partial charge in [-0.3, -0.25) is 4.79 Å². The summed E-state index contributed by atoms with van der Waals surface area (Å²) in [5.74, 6) is -0.961. The molecule has 0 unspecified atom stereocenters. The topological polar surface area (TPSA) is 117 Å². The molecule has 0 atom stereocenters. The molecule has 242 valence electrons. The standard InChI is InChI=1S/C37H42N2O7/c1-7-13-30-38-32(37(5,6)43)31(34(41)44-23-26-14-9-8-10-15-26)39(30)22-25-18-20-27(21-19-25)28-16-11-12-17-29(28)33(40)45-24-46-35(42)36(2,3)4/h8-12,14-21,43H,7,13,22-24H2,1-6H3. The van der Waals surface area contributed by atoms with Gasteiger partial charge < -0.3 is 23.9 Å². The van der Waals surface area contributed by atoms with Crippen molar-refractivity contribution in [2.75, 3.05) is 6.79 Å². The van der Waals surface area contributed by atoms with Crippen LogP contribution in [0.5, 0.6) is 0 Å². The summed E-state index contributed by atoms with van der Waals surface area (Å²) in [5.41, 5.74) is 1.91. The molecule has 0 spiro atoms. The van der Waals surface area contributed by atoms with Gasteiger partial charge in [-0.05, 0) is 69.4 Å². The van der Waals surface area contributed by atoms with Crippen molar-refractivity contribution in [3.05, 3.63) is 113 Å². The van der Waals surface area contributed by atoms with Gasteiger partial charge in [0.2, 0.25) is 6.79 Å². The van der Waals surface area contributed by atoms with Crippen LogP contribution in [0.25, 0.3) is 11.1 Å². The van der Waals surface area contributed by atoms with E-state index in [2.05, 4.69) is 0 Å².